The number of pyridine rings is 1. The number of hydrogen-bond acceptors (Lipinski definition) is 4. The van der Waals surface area contributed by atoms with Crippen LogP contribution in [-0.4, -0.2) is 46.7 Å². The Morgan fingerprint density at radius 1 is 1.19 bits per heavy atom. The van der Waals surface area contributed by atoms with Gasteiger partial charge in [0.25, 0.3) is 0 Å². The molecule has 4 aromatic rings. The van der Waals surface area contributed by atoms with Crippen molar-refractivity contribution >= 4 is 56.8 Å². The van der Waals surface area contributed by atoms with Gasteiger partial charge in [0.05, 0.1) is 5.52 Å². The lowest BCUT2D eigenvalue weighted by Crippen LogP contribution is -2.34. The zero-order chi connectivity index (χ0) is 25.9. The SMILES string of the molecule is CC(=O)NCCC1CCc2c(nc3ccc(Cl)cc3c2NCCN(C(=O)O)c2ccc3[nH]ccc3c2)C1. The fourth-order valence-corrected chi connectivity index (χ4v) is 5.40. The molecule has 0 saturated heterocycles. The van der Waals surface area contributed by atoms with E-state index < -0.39 is 6.09 Å². The van der Waals surface area contributed by atoms with Crippen LogP contribution in [-0.2, 0) is 17.6 Å². The van der Waals surface area contributed by atoms with Crippen LogP contribution in [0.1, 0.15) is 31.0 Å². The molecule has 0 saturated carbocycles. The molecule has 1 aliphatic rings. The number of benzene rings is 2. The van der Waals surface area contributed by atoms with Gasteiger partial charge < -0.3 is 20.7 Å². The molecule has 2 aromatic carbocycles. The van der Waals surface area contributed by atoms with E-state index in [1.807, 2.05) is 48.7 Å². The van der Waals surface area contributed by atoms with Gasteiger partial charge in [-0.25, -0.2) is 4.79 Å². The summed E-state index contributed by atoms with van der Waals surface area (Å²) in [6, 6.07) is 13.2. The van der Waals surface area contributed by atoms with Crippen molar-refractivity contribution in [3.63, 3.8) is 0 Å². The largest absolute Gasteiger partial charge is 0.465 e. The molecule has 9 heteroatoms. The van der Waals surface area contributed by atoms with Crippen LogP contribution in [0, 0.1) is 5.92 Å². The summed E-state index contributed by atoms with van der Waals surface area (Å²) in [7, 11) is 0. The molecule has 2 amide bonds. The van der Waals surface area contributed by atoms with Crippen LogP contribution < -0.4 is 15.5 Å². The number of halogens is 1. The van der Waals surface area contributed by atoms with Gasteiger partial charge in [-0.2, -0.15) is 0 Å². The quantitative estimate of drug-likeness (QED) is 0.242. The average molecular weight is 520 g/mol. The van der Waals surface area contributed by atoms with Gasteiger partial charge in [-0.3, -0.25) is 14.7 Å². The molecular formula is C28H30ClN5O3. The van der Waals surface area contributed by atoms with Gasteiger partial charge in [0.2, 0.25) is 5.91 Å². The molecule has 0 fully saturated rings. The highest BCUT2D eigenvalue weighted by Crippen LogP contribution is 2.37. The van der Waals surface area contributed by atoms with Gasteiger partial charge in [-0.1, -0.05) is 11.6 Å². The molecule has 0 radical (unpaired) electrons. The number of amides is 2. The first-order valence-electron chi connectivity index (χ1n) is 12.6. The number of nitrogens with one attached hydrogen (secondary N) is 3. The monoisotopic (exact) mass is 519 g/mol. The van der Waals surface area contributed by atoms with Gasteiger partial charge >= 0.3 is 6.09 Å². The van der Waals surface area contributed by atoms with Gasteiger partial charge in [0.1, 0.15) is 0 Å². The third-order valence-corrected chi connectivity index (χ3v) is 7.30. The Kier molecular flexibility index (Phi) is 7.19. The second kappa shape index (κ2) is 10.7. The van der Waals surface area contributed by atoms with E-state index in [1.165, 1.54) is 17.4 Å². The van der Waals surface area contributed by atoms with Gasteiger partial charge in [-0.15, -0.1) is 0 Å². The molecule has 8 nitrogen and oxygen atoms in total. The molecule has 5 rings (SSSR count). The summed E-state index contributed by atoms with van der Waals surface area (Å²) in [5.74, 6) is 0.447. The third-order valence-electron chi connectivity index (χ3n) is 7.06. The Hall–Kier alpha value is -3.78. The van der Waals surface area contributed by atoms with Crippen molar-refractivity contribution in [2.75, 3.05) is 29.9 Å². The minimum absolute atomic E-state index is 0.00730. The smallest absolute Gasteiger partial charge is 0.411 e. The molecule has 0 bridgehead atoms. The normalized spacial score (nSPS) is 14.9. The van der Waals surface area contributed by atoms with Crippen molar-refractivity contribution in [3.05, 3.63) is 64.9 Å². The van der Waals surface area contributed by atoms with E-state index in [2.05, 4.69) is 15.6 Å². The average Bonchev–Trinajstić information content (AvgIpc) is 3.34. The zero-order valence-electron chi connectivity index (χ0n) is 20.7. The number of carbonyl (C=O) groups is 2. The van der Waals surface area contributed by atoms with Crippen molar-refractivity contribution in [2.45, 2.75) is 32.6 Å². The van der Waals surface area contributed by atoms with Gasteiger partial charge in [-0.05, 0) is 79.6 Å². The second-order valence-electron chi connectivity index (χ2n) is 9.56. The van der Waals surface area contributed by atoms with Crippen LogP contribution in [0.3, 0.4) is 0 Å². The van der Waals surface area contributed by atoms with Crippen molar-refractivity contribution in [1.29, 1.82) is 0 Å². The summed E-state index contributed by atoms with van der Waals surface area (Å²) in [6.45, 7) is 2.92. The lowest BCUT2D eigenvalue weighted by Gasteiger charge is -2.28. The molecule has 192 valence electrons. The number of aromatic nitrogens is 2. The number of anilines is 2. The minimum atomic E-state index is -0.997. The maximum absolute atomic E-state index is 12.1. The van der Waals surface area contributed by atoms with Gasteiger partial charge in [0, 0.05) is 71.1 Å². The number of carboxylic acid groups (broad SMARTS) is 1. The highest BCUT2D eigenvalue weighted by atomic mass is 35.5. The first-order valence-corrected chi connectivity index (χ1v) is 12.9. The predicted octanol–water partition coefficient (Wildman–Crippen LogP) is 5.60. The highest BCUT2D eigenvalue weighted by Gasteiger charge is 2.24. The van der Waals surface area contributed by atoms with Crippen LogP contribution in [0.25, 0.3) is 21.8 Å². The summed E-state index contributed by atoms with van der Waals surface area (Å²) in [4.78, 5) is 32.8. The molecule has 4 N–H and O–H groups in total. The van der Waals surface area contributed by atoms with E-state index in [0.717, 1.165) is 58.9 Å². The Balaban J connectivity index is 1.37. The van der Waals surface area contributed by atoms with Crippen LogP contribution in [0.15, 0.2) is 48.7 Å². The Labute approximate surface area is 220 Å². The number of nitrogens with zero attached hydrogens (tertiary/aromatic N) is 2. The lowest BCUT2D eigenvalue weighted by atomic mass is 9.83. The summed E-state index contributed by atoms with van der Waals surface area (Å²) in [6.07, 6.45) is 4.48. The number of H-pyrrole nitrogens is 1. The molecule has 2 aromatic heterocycles. The standard InChI is InChI=1S/C28H30ClN5O3/c1-17(35)30-10-8-18-2-5-22-26(14-18)33-25-6-3-20(29)16-23(25)27(22)32-12-13-34(28(36)37)21-4-7-24-19(15-21)9-11-31-24/h3-4,6-7,9,11,15-16,18,31H,2,5,8,10,12-14H2,1H3,(H,30,35)(H,32,33)(H,36,37). The van der Waals surface area contributed by atoms with Crippen molar-refractivity contribution in [1.82, 2.24) is 15.3 Å². The molecule has 2 heterocycles. The molecule has 0 aliphatic heterocycles. The van der Waals surface area contributed by atoms with Crippen LogP contribution >= 0.6 is 11.6 Å². The van der Waals surface area contributed by atoms with E-state index >= 15 is 0 Å². The molecule has 1 aliphatic carbocycles. The number of aromatic amines is 1. The fourth-order valence-electron chi connectivity index (χ4n) is 5.22. The molecular weight excluding hydrogens is 490 g/mol. The fraction of sp³-hybridized carbons (Fsp3) is 0.321. The van der Waals surface area contributed by atoms with Crippen LogP contribution in [0.5, 0.6) is 0 Å². The van der Waals surface area contributed by atoms with Crippen molar-refractivity contribution in [3.8, 4) is 0 Å². The van der Waals surface area contributed by atoms with E-state index in [9.17, 15) is 14.7 Å². The maximum atomic E-state index is 12.1. The summed E-state index contributed by atoms with van der Waals surface area (Å²) in [5, 5.41) is 18.9. The summed E-state index contributed by atoms with van der Waals surface area (Å²) in [5.41, 5.74) is 5.67. The number of hydrogen-bond donors (Lipinski definition) is 4. The van der Waals surface area contributed by atoms with Crippen molar-refractivity contribution < 1.29 is 14.7 Å². The van der Waals surface area contributed by atoms with E-state index in [-0.39, 0.29) is 12.5 Å². The molecule has 37 heavy (non-hydrogen) atoms. The molecule has 0 spiro atoms. The number of rotatable bonds is 8. The van der Waals surface area contributed by atoms with E-state index in [4.69, 9.17) is 16.6 Å². The Morgan fingerprint density at radius 2 is 2.05 bits per heavy atom. The molecule has 1 unspecified atom stereocenters. The van der Waals surface area contributed by atoms with Crippen LogP contribution in [0.2, 0.25) is 5.02 Å². The summed E-state index contributed by atoms with van der Waals surface area (Å²) >= 11 is 6.35. The first-order chi connectivity index (χ1) is 17.9. The Bertz CT molecular complexity index is 1470. The number of carbonyl (C=O) groups excluding carboxylic acids is 1. The van der Waals surface area contributed by atoms with Crippen LogP contribution in [0.4, 0.5) is 16.2 Å². The molecule has 1 atom stereocenters. The van der Waals surface area contributed by atoms with Crippen molar-refractivity contribution in [2.24, 2.45) is 5.92 Å². The lowest BCUT2D eigenvalue weighted by molar-refractivity contribution is -0.119. The Morgan fingerprint density at radius 3 is 2.86 bits per heavy atom. The topological polar surface area (TPSA) is 110 Å². The predicted molar refractivity (Wildman–Crippen MR) is 148 cm³/mol. The highest BCUT2D eigenvalue weighted by molar-refractivity contribution is 6.31. The zero-order valence-corrected chi connectivity index (χ0v) is 21.4. The third kappa shape index (κ3) is 5.49. The number of fused-ring (bicyclic) bond motifs is 3. The van der Waals surface area contributed by atoms with E-state index in [1.54, 1.807) is 0 Å². The first kappa shape index (κ1) is 24.9. The summed E-state index contributed by atoms with van der Waals surface area (Å²) < 4.78 is 0. The minimum Gasteiger partial charge on any atom is -0.465 e. The van der Waals surface area contributed by atoms with E-state index in [0.29, 0.717) is 29.7 Å². The second-order valence-corrected chi connectivity index (χ2v) is 10.0. The van der Waals surface area contributed by atoms with Gasteiger partial charge in [0.15, 0.2) is 0 Å². The maximum Gasteiger partial charge on any atom is 0.411 e.